The Kier molecular flexibility index (Phi) is 4.83. The van der Waals surface area contributed by atoms with Crippen LogP contribution in [0.15, 0.2) is 0 Å². The van der Waals surface area contributed by atoms with Crippen LogP contribution in [0, 0.1) is 0 Å². The Labute approximate surface area is 107 Å². The summed E-state index contributed by atoms with van der Waals surface area (Å²) in [6, 6.07) is 0. The average molecular weight is 240 g/mol. The Morgan fingerprint density at radius 3 is 2.18 bits per heavy atom. The molecule has 0 N–H and O–H groups in total. The maximum atomic E-state index is 2.63. The quantitative estimate of drug-likeness (QED) is 0.618. The predicted octanol–water partition coefficient (Wildman–Crippen LogP) is 1.25. The molecule has 3 rings (SSSR count). The first-order valence-corrected chi connectivity index (χ1v) is 7.50. The zero-order valence-corrected chi connectivity index (χ0v) is 11.8. The second-order valence-corrected chi connectivity index (χ2v) is 6.09. The largest absolute Gasteiger partial charge is 0.320 e. The van der Waals surface area contributed by atoms with Gasteiger partial charge in [-0.3, -0.25) is 4.90 Å². The van der Waals surface area contributed by atoms with Crippen LogP contribution < -0.4 is 0 Å². The molecule has 3 saturated heterocycles. The van der Waals surface area contributed by atoms with E-state index >= 15 is 0 Å². The highest BCUT2D eigenvalue weighted by atomic mass is 15.4. The molecule has 2 bridgehead atoms. The minimum absolute atomic E-state index is 1.28. The molecule has 0 atom stereocenters. The highest BCUT2D eigenvalue weighted by Gasteiger charge is 2.37. The Hall–Kier alpha value is -0.120. The molecule has 0 amide bonds. The minimum Gasteiger partial charge on any atom is -0.320 e. The molecular formula is C14H30N3+. The molecule has 0 saturated carbocycles. The summed E-state index contributed by atoms with van der Waals surface area (Å²) in [6.45, 7) is 14.6. The van der Waals surface area contributed by atoms with Gasteiger partial charge in [0.05, 0.1) is 26.2 Å². The van der Waals surface area contributed by atoms with Crippen LogP contribution in [0.5, 0.6) is 0 Å². The number of fused-ring (bicyclic) bond motifs is 3. The van der Waals surface area contributed by atoms with Gasteiger partial charge in [-0.25, -0.2) is 0 Å². The van der Waals surface area contributed by atoms with Gasteiger partial charge < -0.3 is 9.38 Å². The van der Waals surface area contributed by atoms with Crippen molar-refractivity contribution >= 4 is 0 Å². The average Bonchev–Trinajstić information content (AvgIpc) is 2.38. The molecule has 0 unspecified atom stereocenters. The summed E-state index contributed by atoms with van der Waals surface area (Å²) in [7, 11) is 2.28. The number of piperazine rings is 3. The Morgan fingerprint density at radius 2 is 1.59 bits per heavy atom. The SMILES string of the molecule is CCCCN(C)CCC[N+]12CCN(CC1)CC2. The van der Waals surface area contributed by atoms with Crippen molar-refractivity contribution in [1.82, 2.24) is 9.80 Å². The van der Waals surface area contributed by atoms with Crippen molar-refractivity contribution < 1.29 is 4.48 Å². The molecule has 3 aliphatic heterocycles. The van der Waals surface area contributed by atoms with Crippen molar-refractivity contribution in [2.24, 2.45) is 0 Å². The summed E-state index contributed by atoms with van der Waals surface area (Å²) in [5.41, 5.74) is 0. The lowest BCUT2D eigenvalue weighted by Crippen LogP contribution is -2.67. The third kappa shape index (κ3) is 3.67. The monoisotopic (exact) mass is 240 g/mol. The van der Waals surface area contributed by atoms with E-state index in [4.69, 9.17) is 0 Å². The smallest absolute Gasteiger partial charge is 0.0916 e. The van der Waals surface area contributed by atoms with Crippen LogP contribution in [0.3, 0.4) is 0 Å². The van der Waals surface area contributed by atoms with Crippen molar-refractivity contribution in [2.75, 3.05) is 66.0 Å². The van der Waals surface area contributed by atoms with E-state index in [-0.39, 0.29) is 0 Å². The molecule has 0 aliphatic carbocycles. The van der Waals surface area contributed by atoms with Crippen LogP contribution in [-0.4, -0.2) is 80.2 Å². The zero-order valence-electron chi connectivity index (χ0n) is 11.8. The van der Waals surface area contributed by atoms with Crippen LogP contribution in [-0.2, 0) is 0 Å². The van der Waals surface area contributed by atoms with Crippen molar-refractivity contribution in [1.29, 1.82) is 0 Å². The fourth-order valence-corrected chi connectivity index (χ4v) is 3.28. The molecule has 0 aromatic heterocycles. The van der Waals surface area contributed by atoms with E-state index in [0.29, 0.717) is 0 Å². The number of rotatable bonds is 7. The van der Waals surface area contributed by atoms with Crippen LogP contribution in [0.1, 0.15) is 26.2 Å². The summed E-state index contributed by atoms with van der Waals surface area (Å²) in [6.07, 6.45) is 4.06. The van der Waals surface area contributed by atoms with Gasteiger partial charge in [-0.2, -0.15) is 0 Å². The maximum Gasteiger partial charge on any atom is 0.0916 e. The van der Waals surface area contributed by atoms with E-state index in [1.54, 1.807) is 0 Å². The van der Waals surface area contributed by atoms with Crippen LogP contribution in [0.2, 0.25) is 0 Å². The molecule has 3 heteroatoms. The van der Waals surface area contributed by atoms with Crippen molar-refractivity contribution in [3.05, 3.63) is 0 Å². The van der Waals surface area contributed by atoms with E-state index < -0.39 is 0 Å². The van der Waals surface area contributed by atoms with Gasteiger partial charge in [0.15, 0.2) is 0 Å². The summed E-state index contributed by atoms with van der Waals surface area (Å²) in [4.78, 5) is 5.15. The molecule has 3 fully saturated rings. The first-order chi connectivity index (χ1) is 8.24. The lowest BCUT2D eigenvalue weighted by atomic mass is 10.1. The molecule has 100 valence electrons. The summed E-state index contributed by atoms with van der Waals surface area (Å²) in [5.74, 6) is 0. The molecule has 3 nitrogen and oxygen atoms in total. The Morgan fingerprint density at radius 1 is 1.00 bits per heavy atom. The molecule has 0 aromatic carbocycles. The van der Waals surface area contributed by atoms with Gasteiger partial charge in [0, 0.05) is 32.6 Å². The predicted molar refractivity (Wildman–Crippen MR) is 73.2 cm³/mol. The third-order valence-corrected chi connectivity index (χ3v) is 4.74. The summed E-state index contributed by atoms with van der Waals surface area (Å²) >= 11 is 0. The first kappa shape index (κ1) is 13.3. The van der Waals surface area contributed by atoms with E-state index in [2.05, 4.69) is 23.8 Å². The lowest BCUT2D eigenvalue weighted by Gasteiger charge is -2.50. The van der Waals surface area contributed by atoms with Gasteiger partial charge in [0.25, 0.3) is 0 Å². The maximum absolute atomic E-state index is 2.63. The van der Waals surface area contributed by atoms with Crippen molar-refractivity contribution in [2.45, 2.75) is 26.2 Å². The normalized spacial score (nSPS) is 32.3. The van der Waals surface area contributed by atoms with E-state index in [0.717, 1.165) is 0 Å². The zero-order chi connectivity index (χ0) is 12.1. The van der Waals surface area contributed by atoms with Gasteiger partial charge in [0.2, 0.25) is 0 Å². The van der Waals surface area contributed by atoms with E-state index in [1.807, 2.05) is 0 Å². The fraction of sp³-hybridized carbons (Fsp3) is 1.00. The number of unbranched alkanes of at least 4 members (excludes halogenated alkanes) is 1. The fourth-order valence-electron chi connectivity index (χ4n) is 3.28. The molecular weight excluding hydrogens is 210 g/mol. The Balaban J connectivity index is 1.64. The molecule has 0 spiro atoms. The second-order valence-electron chi connectivity index (χ2n) is 6.09. The van der Waals surface area contributed by atoms with Crippen LogP contribution in [0.25, 0.3) is 0 Å². The van der Waals surface area contributed by atoms with Crippen molar-refractivity contribution in [3.8, 4) is 0 Å². The number of hydrogen-bond acceptors (Lipinski definition) is 2. The first-order valence-electron chi connectivity index (χ1n) is 7.50. The van der Waals surface area contributed by atoms with E-state index in [1.165, 1.54) is 82.6 Å². The second kappa shape index (κ2) is 6.17. The van der Waals surface area contributed by atoms with Gasteiger partial charge in [-0.15, -0.1) is 0 Å². The van der Waals surface area contributed by atoms with Crippen LogP contribution >= 0.6 is 0 Å². The summed E-state index contributed by atoms with van der Waals surface area (Å²) in [5, 5.41) is 0. The van der Waals surface area contributed by atoms with Crippen molar-refractivity contribution in [3.63, 3.8) is 0 Å². The minimum atomic E-state index is 1.28. The highest BCUT2D eigenvalue weighted by molar-refractivity contribution is 4.71. The van der Waals surface area contributed by atoms with Gasteiger partial charge in [0.1, 0.15) is 0 Å². The topological polar surface area (TPSA) is 6.48 Å². The molecule has 0 aromatic rings. The number of nitrogens with zero attached hydrogens (tertiary/aromatic N) is 3. The standard InChI is InChI=1S/C14H30N3/c1-3-4-6-15(2)7-5-11-17-12-8-16(9-13-17)10-14-17/h3-14H2,1-2H3/q+1. The molecule has 0 radical (unpaired) electrons. The van der Waals surface area contributed by atoms with Crippen LogP contribution in [0.4, 0.5) is 0 Å². The third-order valence-electron chi connectivity index (χ3n) is 4.74. The lowest BCUT2D eigenvalue weighted by molar-refractivity contribution is -0.941. The van der Waals surface area contributed by atoms with E-state index in [9.17, 15) is 0 Å². The Bertz CT molecular complexity index is 208. The van der Waals surface area contributed by atoms with Gasteiger partial charge in [-0.1, -0.05) is 13.3 Å². The molecule has 17 heavy (non-hydrogen) atoms. The van der Waals surface area contributed by atoms with Gasteiger partial charge in [-0.05, 0) is 20.0 Å². The highest BCUT2D eigenvalue weighted by Crippen LogP contribution is 2.19. The van der Waals surface area contributed by atoms with Gasteiger partial charge >= 0.3 is 0 Å². The number of quaternary nitrogens is 1. The molecule has 3 heterocycles. The number of hydrogen-bond donors (Lipinski definition) is 0. The summed E-state index contributed by atoms with van der Waals surface area (Å²) < 4.78 is 1.43. The molecule has 3 aliphatic rings.